The summed E-state index contributed by atoms with van der Waals surface area (Å²) in [4.78, 5) is 11.4. The van der Waals surface area contributed by atoms with Gasteiger partial charge in [0.25, 0.3) is 0 Å². The fourth-order valence-electron chi connectivity index (χ4n) is 2.07. The van der Waals surface area contributed by atoms with Crippen LogP contribution in [0.1, 0.15) is 21.7 Å². The number of carbonyl (C=O) groups is 1. The van der Waals surface area contributed by atoms with Crippen LogP contribution in [0.4, 0.5) is 0 Å². The highest BCUT2D eigenvalue weighted by Crippen LogP contribution is 2.23. The Morgan fingerprint density at radius 2 is 1.79 bits per heavy atom. The molecule has 0 saturated carbocycles. The van der Waals surface area contributed by atoms with Gasteiger partial charge < -0.3 is 10.2 Å². The van der Waals surface area contributed by atoms with Gasteiger partial charge in [-0.1, -0.05) is 36.4 Å². The highest BCUT2D eigenvalue weighted by molar-refractivity contribution is 5.95. The standard InChI is InChI=1S/C16H12NO2/c17-16(18)14-7-3-1-5-11(14)9-13-10-12-6-2-4-8-15(12)19-13/h1-10H,(H2,17,18). The Bertz CT molecular complexity index is 710. The molecule has 19 heavy (non-hydrogen) atoms. The van der Waals surface area contributed by atoms with Crippen LogP contribution in [0, 0.1) is 6.42 Å². The van der Waals surface area contributed by atoms with E-state index in [2.05, 4.69) is 0 Å². The first-order chi connectivity index (χ1) is 9.24. The SMILES string of the molecule is NC(=O)c1ccccc1[CH]c1cc2ccccc2o1. The fraction of sp³-hybridized carbons (Fsp3) is 0. The molecule has 0 aliphatic heterocycles. The molecule has 1 heterocycles. The van der Waals surface area contributed by atoms with E-state index in [4.69, 9.17) is 10.2 Å². The van der Waals surface area contributed by atoms with Gasteiger partial charge >= 0.3 is 0 Å². The topological polar surface area (TPSA) is 56.2 Å². The second-order valence-corrected chi connectivity index (χ2v) is 4.28. The van der Waals surface area contributed by atoms with E-state index in [0.717, 1.165) is 16.5 Å². The van der Waals surface area contributed by atoms with Crippen LogP contribution in [0.15, 0.2) is 59.0 Å². The summed E-state index contributed by atoms with van der Waals surface area (Å²) in [5, 5.41) is 1.03. The van der Waals surface area contributed by atoms with Crippen molar-refractivity contribution in [1.82, 2.24) is 0 Å². The summed E-state index contributed by atoms with van der Waals surface area (Å²) in [5.74, 6) is 0.262. The Morgan fingerprint density at radius 3 is 2.58 bits per heavy atom. The molecule has 1 amide bonds. The molecular weight excluding hydrogens is 238 g/mol. The summed E-state index contributed by atoms with van der Waals surface area (Å²) in [6.45, 7) is 0. The van der Waals surface area contributed by atoms with E-state index in [0.29, 0.717) is 11.3 Å². The van der Waals surface area contributed by atoms with Crippen molar-refractivity contribution in [2.24, 2.45) is 5.73 Å². The Balaban J connectivity index is 1.99. The van der Waals surface area contributed by atoms with E-state index in [9.17, 15) is 4.79 Å². The van der Waals surface area contributed by atoms with Crippen molar-refractivity contribution in [2.45, 2.75) is 0 Å². The molecule has 93 valence electrons. The van der Waals surface area contributed by atoms with Crippen molar-refractivity contribution < 1.29 is 9.21 Å². The zero-order valence-corrected chi connectivity index (χ0v) is 10.2. The summed E-state index contributed by atoms with van der Waals surface area (Å²) in [7, 11) is 0. The molecular formula is C16H12NO2. The van der Waals surface area contributed by atoms with Gasteiger partial charge in [-0.2, -0.15) is 0 Å². The molecule has 3 rings (SSSR count). The maximum absolute atomic E-state index is 11.4. The lowest BCUT2D eigenvalue weighted by molar-refractivity contribution is 0.1000. The molecule has 0 saturated heterocycles. The minimum absolute atomic E-state index is 0.442. The second kappa shape index (κ2) is 4.61. The number of carbonyl (C=O) groups excluding carboxylic acids is 1. The van der Waals surface area contributed by atoms with E-state index in [-0.39, 0.29) is 0 Å². The third kappa shape index (κ3) is 2.22. The normalized spacial score (nSPS) is 10.7. The minimum Gasteiger partial charge on any atom is -0.460 e. The van der Waals surface area contributed by atoms with Crippen molar-refractivity contribution >= 4 is 16.9 Å². The third-order valence-corrected chi connectivity index (χ3v) is 2.97. The largest absolute Gasteiger partial charge is 0.460 e. The maximum Gasteiger partial charge on any atom is 0.249 e. The quantitative estimate of drug-likeness (QED) is 0.776. The van der Waals surface area contributed by atoms with Crippen molar-refractivity contribution in [3.63, 3.8) is 0 Å². The van der Waals surface area contributed by atoms with Crippen LogP contribution in [0.25, 0.3) is 11.0 Å². The van der Waals surface area contributed by atoms with Gasteiger partial charge in [0.15, 0.2) is 0 Å². The predicted octanol–water partition coefficient (Wildman–Crippen LogP) is 3.13. The average molecular weight is 250 g/mol. The van der Waals surface area contributed by atoms with Gasteiger partial charge in [0.05, 0.1) is 6.42 Å². The monoisotopic (exact) mass is 250 g/mol. The van der Waals surface area contributed by atoms with Crippen LogP contribution in [0.5, 0.6) is 0 Å². The number of benzene rings is 2. The molecule has 0 aliphatic rings. The van der Waals surface area contributed by atoms with E-state index in [1.54, 1.807) is 12.1 Å². The maximum atomic E-state index is 11.4. The van der Waals surface area contributed by atoms with Gasteiger partial charge in [0.2, 0.25) is 5.91 Å². The molecule has 0 unspecified atom stereocenters. The lowest BCUT2D eigenvalue weighted by Gasteiger charge is -2.03. The zero-order valence-electron chi connectivity index (χ0n) is 10.2. The van der Waals surface area contributed by atoms with Crippen LogP contribution in [0.3, 0.4) is 0 Å². The second-order valence-electron chi connectivity index (χ2n) is 4.28. The van der Waals surface area contributed by atoms with Crippen LogP contribution in [0.2, 0.25) is 0 Å². The minimum atomic E-state index is -0.442. The van der Waals surface area contributed by atoms with Crippen LogP contribution in [-0.2, 0) is 0 Å². The van der Waals surface area contributed by atoms with Crippen molar-refractivity contribution in [1.29, 1.82) is 0 Å². The van der Waals surface area contributed by atoms with E-state index >= 15 is 0 Å². The number of amides is 1. The molecule has 0 aliphatic carbocycles. The number of hydrogen-bond acceptors (Lipinski definition) is 2. The number of fused-ring (bicyclic) bond motifs is 1. The van der Waals surface area contributed by atoms with E-state index < -0.39 is 5.91 Å². The molecule has 3 heteroatoms. The Hall–Kier alpha value is -2.55. The number of primary amides is 1. The molecule has 1 aromatic heterocycles. The number of rotatable bonds is 3. The van der Waals surface area contributed by atoms with Gasteiger partial charge in [0.1, 0.15) is 11.3 Å². The molecule has 2 N–H and O–H groups in total. The number of nitrogens with two attached hydrogens (primary N) is 1. The predicted molar refractivity (Wildman–Crippen MR) is 73.7 cm³/mol. The Labute approximate surface area is 110 Å². The molecule has 0 atom stereocenters. The number of para-hydroxylation sites is 1. The fourth-order valence-corrected chi connectivity index (χ4v) is 2.07. The van der Waals surface area contributed by atoms with Gasteiger partial charge in [-0.05, 0) is 23.8 Å². The summed E-state index contributed by atoms with van der Waals surface area (Å²) in [5.41, 5.74) is 7.43. The van der Waals surface area contributed by atoms with Crippen LogP contribution < -0.4 is 5.73 Å². The summed E-state index contributed by atoms with van der Waals surface area (Å²) in [6.07, 6.45) is 1.82. The Morgan fingerprint density at radius 1 is 1.05 bits per heavy atom. The molecule has 0 bridgehead atoms. The summed E-state index contributed by atoms with van der Waals surface area (Å²) in [6, 6.07) is 16.9. The van der Waals surface area contributed by atoms with Crippen molar-refractivity contribution in [3.8, 4) is 0 Å². The lowest BCUT2D eigenvalue weighted by Crippen LogP contribution is -2.13. The average Bonchev–Trinajstić information content (AvgIpc) is 2.81. The van der Waals surface area contributed by atoms with Crippen LogP contribution >= 0.6 is 0 Å². The number of furan rings is 1. The first-order valence-electron chi connectivity index (χ1n) is 5.96. The Kier molecular flexibility index (Phi) is 2.80. The van der Waals surface area contributed by atoms with E-state index in [1.165, 1.54) is 0 Å². The molecule has 0 fully saturated rings. The van der Waals surface area contributed by atoms with Gasteiger partial charge in [-0.25, -0.2) is 0 Å². The first kappa shape index (κ1) is 11.5. The zero-order chi connectivity index (χ0) is 13.2. The first-order valence-corrected chi connectivity index (χ1v) is 5.96. The lowest BCUT2D eigenvalue weighted by atomic mass is 10.0. The smallest absolute Gasteiger partial charge is 0.249 e. The van der Waals surface area contributed by atoms with Crippen molar-refractivity contribution in [3.05, 3.63) is 77.9 Å². The van der Waals surface area contributed by atoms with Crippen LogP contribution in [-0.4, -0.2) is 5.91 Å². The van der Waals surface area contributed by atoms with E-state index in [1.807, 2.05) is 48.9 Å². The third-order valence-electron chi connectivity index (χ3n) is 2.97. The molecule has 3 nitrogen and oxygen atoms in total. The summed E-state index contributed by atoms with van der Waals surface area (Å²) >= 11 is 0. The molecule has 3 aromatic rings. The highest BCUT2D eigenvalue weighted by Gasteiger charge is 2.10. The molecule has 2 aromatic carbocycles. The molecule has 0 spiro atoms. The van der Waals surface area contributed by atoms with Gasteiger partial charge in [0, 0.05) is 10.9 Å². The number of hydrogen-bond donors (Lipinski definition) is 1. The van der Waals surface area contributed by atoms with Gasteiger partial charge in [-0.3, -0.25) is 4.79 Å². The van der Waals surface area contributed by atoms with Crippen molar-refractivity contribution in [2.75, 3.05) is 0 Å². The highest BCUT2D eigenvalue weighted by atomic mass is 16.3. The molecule has 1 radical (unpaired) electrons. The van der Waals surface area contributed by atoms with Gasteiger partial charge in [-0.15, -0.1) is 0 Å². The summed E-state index contributed by atoms with van der Waals surface area (Å²) < 4.78 is 5.70.